The summed E-state index contributed by atoms with van der Waals surface area (Å²) >= 11 is 0. The highest BCUT2D eigenvalue weighted by atomic mass is 16.5. The maximum Gasteiger partial charge on any atom is 0.123 e. The van der Waals surface area contributed by atoms with Crippen LogP contribution in [0.3, 0.4) is 0 Å². The van der Waals surface area contributed by atoms with Crippen LogP contribution in [-0.4, -0.2) is 48.4 Å². The number of nitrogens with one attached hydrogen (secondary N) is 1. The van der Waals surface area contributed by atoms with Gasteiger partial charge in [0.25, 0.3) is 0 Å². The molecule has 0 unspecified atom stereocenters. The van der Waals surface area contributed by atoms with E-state index in [4.69, 9.17) is 4.74 Å². The van der Waals surface area contributed by atoms with E-state index in [1.165, 1.54) is 5.56 Å². The Morgan fingerprint density at radius 2 is 1.91 bits per heavy atom. The van der Waals surface area contributed by atoms with Crippen LogP contribution < -0.4 is 10.1 Å². The Hall–Kier alpha value is -1.10. The number of para-hydroxylation sites is 1. The minimum Gasteiger partial charge on any atom is -0.496 e. The third-order valence-corrected chi connectivity index (χ3v) is 3.86. The molecule has 0 aliphatic rings. The molecule has 0 heterocycles. The molecule has 0 saturated heterocycles. The van der Waals surface area contributed by atoms with E-state index in [-0.39, 0.29) is 24.2 Å². The second kappa shape index (κ2) is 8.51. The van der Waals surface area contributed by atoms with Crippen LogP contribution in [0.2, 0.25) is 0 Å². The van der Waals surface area contributed by atoms with Crippen molar-refractivity contribution in [3.05, 3.63) is 29.8 Å². The molecule has 126 valence electrons. The summed E-state index contributed by atoms with van der Waals surface area (Å²) in [5, 5.41) is 13.2. The largest absolute Gasteiger partial charge is 0.496 e. The lowest BCUT2D eigenvalue weighted by atomic mass is 10.0. The molecule has 0 aromatic heterocycles. The van der Waals surface area contributed by atoms with Crippen LogP contribution in [0, 0.1) is 0 Å². The fourth-order valence-electron chi connectivity index (χ4n) is 2.81. The van der Waals surface area contributed by atoms with Crippen LogP contribution >= 0.6 is 0 Å². The molecule has 1 aromatic carbocycles. The van der Waals surface area contributed by atoms with Gasteiger partial charge in [0.2, 0.25) is 0 Å². The molecule has 1 rings (SSSR count). The van der Waals surface area contributed by atoms with Gasteiger partial charge in [0.1, 0.15) is 5.75 Å². The van der Waals surface area contributed by atoms with E-state index in [0.717, 1.165) is 18.8 Å². The number of aliphatic hydroxyl groups is 1. The van der Waals surface area contributed by atoms with Gasteiger partial charge in [-0.1, -0.05) is 25.1 Å². The number of hydrogen-bond donors (Lipinski definition) is 2. The number of hydrogen-bond acceptors (Lipinski definition) is 4. The number of benzene rings is 1. The predicted molar refractivity (Wildman–Crippen MR) is 92.4 cm³/mol. The molecular formula is C18H32N2O2. The van der Waals surface area contributed by atoms with Crippen molar-refractivity contribution < 1.29 is 9.84 Å². The summed E-state index contributed by atoms with van der Waals surface area (Å²) in [5.41, 5.74) is 1.17. The van der Waals surface area contributed by atoms with Gasteiger partial charge in [0.15, 0.2) is 0 Å². The first-order valence-corrected chi connectivity index (χ1v) is 8.07. The summed E-state index contributed by atoms with van der Waals surface area (Å²) in [5.74, 6) is 0.915. The van der Waals surface area contributed by atoms with E-state index in [2.05, 4.69) is 50.9 Å². The molecule has 4 nitrogen and oxygen atoms in total. The van der Waals surface area contributed by atoms with Crippen LogP contribution in [0.4, 0.5) is 0 Å². The second-order valence-corrected chi connectivity index (χ2v) is 6.78. The molecule has 0 aliphatic heterocycles. The minimum atomic E-state index is -0.0134. The van der Waals surface area contributed by atoms with Crippen LogP contribution in [-0.2, 0) is 0 Å². The normalized spacial score (nSPS) is 14.9. The van der Waals surface area contributed by atoms with Gasteiger partial charge < -0.3 is 15.2 Å². The van der Waals surface area contributed by atoms with Crippen LogP contribution in [0.25, 0.3) is 0 Å². The van der Waals surface area contributed by atoms with E-state index in [1.54, 1.807) is 7.11 Å². The van der Waals surface area contributed by atoms with Gasteiger partial charge in [-0.2, -0.15) is 0 Å². The first-order chi connectivity index (χ1) is 10.3. The molecule has 22 heavy (non-hydrogen) atoms. The van der Waals surface area contributed by atoms with Crippen LogP contribution in [0.15, 0.2) is 24.3 Å². The van der Waals surface area contributed by atoms with E-state index in [0.29, 0.717) is 0 Å². The van der Waals surface area contributed by atoms with Crippen molar-refractivity contribution in [3.8, 4) is 5.75 Å². The van der Waals surface area contributed by atoms with E-state index >= 15 is 0 Å². The zero-order valence-corrected chi connectivity index (χ0v) is 14.9. The lowest BCUT2D eigenvalue weighted by Gasteiger charge is -2.35. The number of likely N-dealkylation sites (N-methyl/N-ethyl adjacent to an activating group) is 1. The average molecular weight is 308 g/mol. The maximum atomic E-state index is 9.67. The molecule has 0 fully saturated rings. The van der Waals surface area contributed by atoms with Crippen molar-refractivity contribution in [3.63, 3.8) is 0 Å². The van der Waals surface area contributed by atoms with E-state index < -0.39 is 0 Å². The Morgan fingerprint density at radius 3 is 2.41 bits per heavy atom. The number of methoxy groups -OCH3 is 1. The highest BCUT2D eigenvalue weighted by molar-refractivity contribution is 5.35. The fourth-order valence-corrected chi connectivity index (χ4v) is 2.81. The SMILES string of the molecule is CCN(C[C@H](CO)NC(C)(C)C)[C@@H](C)c1ccccc1OC. The van der Waals surface area contributed by atoms with Crippen molar-refractivity contribution in [1.29, 1.82) is 0 Å². The third kappa shape index (κ3) is 5.59. The summed E-state index contributed by atoms with van der Waals surface area (Å²) in [4.78, 5) is 2.36. The van der Waals surface area contributed by atoms with Gasteiger partial charge in [0, 0.05) is 29.7 Å². The summed E-state index contributed by atoms with van der Waals surface area (Å²) in [7, 11) is 1.71. The lowest BCUT2D eigenvalue weighted by Crippen LogP contribution is -2.51. The molecule has 0 bridgehead atoms. The molecule has 0 amide bonds. The van der Waals surface area contributed by atoms with Gasteiger partial charge in [0.05, 0.1) is 13.7 Å². The smallest absolute Gasteiger partial charge is 0.123 e. The number of nitrogens with zero attached hydrogens (tertiary/aromatic N) is 1. The topological polar surface area (TPSA) is 44.7 Å². The van der Waals surface area contributed by atoms with Gasteiger partial charge >= 0.3 is 0 Å². The summed E-state index contributed by atoms with van der Waals surface area (Å²) < 4.78 is 5.48. The van der Waals surface area contributed by atoms with Gasteiger partial charge in [-0.15, -0.1) is 0 Å². The van der Waals surface area contributed by atoms with E-state index in [9.17, 15) is 5.11 Å². The molecule has 0 saturated carbocycles. The molecule has 1 aromatic rings. The van der Waals surface area contributed by atoms with Crippen LogP contribution in [0.5, 0.6) is 5.75 Å². The Morgan fingerprint density at radius 1 is 1.27 bits per heavy atom. The zero-order chi connectivity index (χ0) is 16.8. The maximum absolute atomic E-state index is 9.67. The quantitative estimate of drug-likeness (QED) is 0.775. The van der Waals surface area contributed by atoms with Gasteiger partial charge in [-0.3, -0.25) is 4.90 Å². The third-order valence-electron chi connectivity index (χ3n) is 3.86. The minimum absolute atomic E-state index is 0.0134. The van der Waals surface area contributed by atoms with Gasteiger partial charge in [-0.05, 0) is 40.3 Å². The monoisotopic (exact) mass is 308 g/mol. The number of rotatable bonds is 8. The Balaban J connectivity index is 2.85. The van der Waals surface area contributed by atoms with Gasteiger partial charge in [-0.25, -0.2) is 0 Å². The molecule has 0 aliphatic carbocycles. The summed E-state index contributed by atoms with van der Waals surface area (Å²) in [6.07, 6.45) is 0. The molecular weight excluding hydrogens is 276 g/mol. The Bertz CT molecular complexity index is 443. The molecule has 2 N–H and O–H groups in total. The highest BCUT2D eigenvalue weighted by Gasteiger charge is 2.23. The Labute approximate surface area is 135 Å². The van der Waals surface area contributed by atoms with Crippen molar-refractivity contribution >= 4 is 0 Å². The standard InChI is InChI=1S/C18H32N2O2/c1-7-20(12-15(13-21)19-18(3,4)5)14(2)16-10-8-9-11-17(16)22-6/h8-11,14-15,19,21H,7,12-13H2,1-6H3/t14-,15+/m0/s1. The molecule has 0 radical (unpaired) electrons. The highest BCUT2D eigenvalue weighted by Crippen LogP contribution is 2.28. The fraction of sp³-hybridized carbons (Fsp3) is 0.667. The molecule has 2 atom stereocenters. The van der Waals surface area contributed by atoms with Crippen LogP contribution in [0.1, 0.15) is 46.2 Å². The number of aliphatic hydroxyl groups excluding tert-OH is 1. The molecule has 4 heteroatoms. The molecule has 0 spiro atoms. The van der Waals surface area contributed by atoms with Crippen molar-refractivity contribution in [2.45, 2.75) is 52.2 Å². The average Bonchev–Trinajstić information content (AvgIpc) is 2.49. The van der Waals surface area contributed by atoms with E-state index in [1.807, 2.05) is 18.2 Å². The van der Waals surface area contributed by atoms with Crippen molar-refractivity contribution in [1.82, 2.24) is 10.2 Å². The summed E-state index contributed by atoms with van der Waals surface area (Å²) in [6, 6.07) is 8.42. The second-order valence-electron chi connectivity index (χ2n) is 6.78. The Kier molecular flexibility index (Phi) is 7.33. The zero-order valence-electron chi connectivity index (χ0n) is 14.9. The lowest BCUT2D eigenvalue weighted by molar-refractivity contribution is 0.140. The summed E-state index contributed by atoms with van der Waals surface area (Å²) in [6.45, 7) is 12.5. The van der Waals surface area contributed by atoms with Crippen molar-refractivity contribution in [2.75, 3.05) is 26.8 Å². The van der Waals surface area contributed by atoms with Crippen molar-refractivity contribution in [2.24, 2.45) is 0 Å². The predicted octanol–water partition coefficient (Wildman–Crippen LogP) is 2.83. The first kappa shape index (κ1) is 18.9. The number of ether oxygens (including phenoxy) is 1. The first-order valence-electron chi connectivity index (χ1n) is 8.07.